The number of carbonyl (C=O) groups excluding carboxylic acids is 1. The van der Waals surface area contributed by atoms with E-state index in [1.165, 1.54) is 24.2 Å². The van der Waals surface area contributed by atoms with E-state index < -0.39 is 0 Å². The third-order valence-corrected chi connectivity index (χ3v) is 6.13. The molecule has 0 aliphatic rings. The number of benzene rings is 1. The SMILES string of the molecule is CCCC[C@@H](CC)CNC(=O)c1cc(-c2ccc(Cl)s2)nc2ccccc12. The van der Waals surface area contributed by atoms with E-state index in [0.717, 1.165) is 34.3 Å². The average Bonchev–Trinajstić information content (AvgIpc) is 3.13. The molecule has 0 aliphatic heterocycles. The summed E-state index contributed by atoms with van der Waals surface area (Å²) in [4.78, 5) is 18.7. The van der Waals surface area contributed by atoms with Crippen LogP contribution in [0.25, 0.3) is 21.5 Å². The smallest absolute Gasteiger partial charge is 0.252 e. The van der Waals surface area contributed by atoms with E-state index in [0.29, 0.717) is 22.4 Å². The van der Waals surface area contributed by atoms with Crippen LogP contribution >= 0.6 is 22.9 Å². The predicted molar refractivity (Wildman–Crippen MR) is 116 cm³/mol. The highest BCUT2D eigenvalue weighted by molar-refractivity contribution is 7.19. The molecule has 2 aromatic heterocycles. The van der Waals surface area contributed by atoms with Crippen molar-refractivity contribution in [1.82, 2.24) is 10.3 Å². The van der Waals surface area contributed by atoms with Crippen molar-refractivity contribution >= 4 is 39.7 Å². The molecule has 0 unspecified atom stereocenters. The molecule has 3 rings (SSSR count). The van der Waals surface area contributed by atoms with E-state index in [-0.39, 0.29) is 5.91 Å². The number of hydrogen-bond acceptors (Lipinski definition) is 3. The molecule has 1 N–H and O–H groups in total. The van der Waals surface area contributed by atoms with Crippen LogP contribution in [0.1, 0.15) is 49.9 Å². The maximum Gasteiger partial charge on any atom is 0.252 e. The van der Waals surface area contributed by atoms with Crippen molar-refractivity contribution in [1.29, 1.82) is 0 Å². The number of nitrogens with zero attached hydrogens (tertiary/aromatic N) is 1. The summed E-state index contributed by atoms with van der Waals surface area (Å²) in [5, 5.41) is 4.02. The van der Waals surface area contributed by atoms with Gasteiger partial charge in [-0.25, -0.2) is 4.98 Å². The van der Waals surface area contributed by atoms with Crippen molar-refractivity contribution in [2.45, 2.75) is 39.5 Å². The van der Waals surface area contributed by atoms with E-state index in [1.807, 2.05) is 42.5 Å². The van der Waals surface area contributed by atoms with E-state index in [9.17, 15) is 4.79 Å². The van der Waals surface area contributed by atoms with Gasteiger partial charge in [0.15, 0.2) is 0 Å². The number of hydrogen-bond donors (Lipinski definition) is 1. The Morgan fingerprint density at radius 1 is 1.22 bits per heavy atom. The zero-order valence-corrected chi connectivity index (χ0v) is 17.4. The number of aromatic nitrogens is 1. The van der Waals surface area contributed by atoms with Gasteiger partial charge in [0, 0.05) is 11.9 Å². The minimum absolute atomic E-state index is 0.0348. The van der Waals surface area contributed by atoms with Crippen molar-refractivity contribution in [3.05, 3.63) is 52.4 Å². The van der Waals surface area contributed by atoms with Crippen LogP contribution in [-0.2, 0) is 0 Å². The summed E-state index contributed by atoms with van der Waals surface area (Å²) in [6.07, 6.45) is 4.63. The molecule has 1 amide bonds. The zero-order valence-electron chi connectivity index (χ0n) is 15.8. The molecule has 142 valence electrons. The van der Waals surface area contributed by atoms with E-state index in [1.54, 1.807) is 0 Å². The lowest BCUT2D eigenvalue weighted by Crippen LogP contribution is -2.29. The van der Waals surface area contributed by atoms with Crippen LogP contribution in [0.5, 0.6) is 0 Å². The minimum Gasteiger partial charge on any atom is -0.352 e. The Morgan fingerprint density at radius 3 is 2.74 bits per heavy atom. The van der Waals surface area contributed by atoms with Gasteiger partial charge in [0.25, 0.3) is 5.91 Å². The van der Waals surface area contributed by atoms with Gasteiger partial charge >= 0.3 is 0 Å². The van der Waals surface area contributed by atoms with E-state index in [2.05, 4.69) is 19.2 Å². The molecule has 2 heterocycles. The number of unbranched alkanes of at least 4 members (excludes halogenated alkanes) is 1. The van der Waals surface area contributed by atoms with Gasteiger partial charge in [0.2, 0.25) is 0 Å². The summed E-state index contributed by atoms with van der Waals surface area (Å²) in [5.41, 5.74) is 2.28. The van der Waals surface area contributed by atoms with Crippen LogP contribution in [-0.4, -0.2) is 17.4 Å². The largest absolute Gasteiger partial charge is 0.352 e. The van der Waals surface area contributed by atoms with E-state index in [4.69, 9.17) is 16.6 Å². The number of fused-ring (bicyclic) bond motifs is 1. The summed E-state index contributed by atoms with van der Waals surface area (Å²) < 4.78 is 0.715. The first-order valence-electron chi connectivity index (χ1n) is 9.56. The van der Waals surface area contributed by atoms with Crippen molar-refractivity contribution in [2.75, 3.05) is 6.54 Å². The molecule has 3 aromatic rings. The van der Waals surface area contributed by atoms with Crippen molar-refractivity contribution in [2.24, 2.45) is 5.92 Å². The normalized spacial score (nSPS) is 12.3. The lowest BCUT2D eigenvalue weighted by molar-refractivity contribution is 0.0947. The molecule has 0 spiro atoms. The second-order valence-corrected chi connectivity index (χ2v) is 8.52. The topological polar surface area (TPSA) is 42.0 Å². The monoisotopic (exact) mass is 400 g/mol. The highest BCUT2D eigenvalue weighted by Crippen LogP contribution is 2.32. The number of para-hydroxylation sites is 1. The second kappa shape index (κ2) is 9.34. The number of nitrogens with one attached hydrogen (secondary N) is 1. The van der Waals surface area contributed by atoms with Crippen LogP contribution < -0.4 is 5.32 Å². The Morgan fingerprint density at radius 2 is 2.04 bits per heavy atom. The third-order valence-electron chi connectivity index (χ3n) is 4.88. The molecule has 0 saturated carbocycles. The summed E-state index contributed by atoms with van der Waals surface area (Å²) >= 11 is 7.56. The lowest BCUT2D eigenvalue weighted by Gasteiger charge is -2.16. The van der Waals surface area contributed by atoms with Crippen LogP contribution in [0.2, 0.25) is 4.34 Å². The van der Waals surface area contributed by atoms with Crippen LogP contribution in [0.15, 0.2) is 42.5 Å². The number of pyridine rings is 1. The van der Waals surface area contributed by atoms with Crippen molar-refractivity contribution < 1.29 is 4.79 Å². The van der Waals surface area contributed by atoms with Crippen LogP contribution in [0.3, 0.4) is 0 Å². The molecular weight excluding hydrogens is 376 g/mol. The average molecular weight is 401 g/mol. The quantitative estimate of drug-likeness (QED) is 0.465. The first-order chi connectivity index (χ1) is 13.1. The van der Waals surface area contributed by atoms with E-state index >= 15 is 0 Å². The van der Waals surface area contributed by atoms with Crippen LogP contribution in [0, 0.1) is 5.92 Å². The van der Waals surface area contributed by atoms with Gasteiger partial charge in [0.1, 0.15) is 0 Å². The molecule has 0 saturated heterocycles. The zero-order chi connectivity index (χ0) is 19.2. The molecule has 3 nitrogen and oxygen atoms in total. The van der Waals surface area contributed by atoms with Gasteiger partial charge in [-0.3, -0.25) is 4.79 Å². The molecule has 0 aliphatic carbocycles. The fourth-order valence-corrected chi connectivity index (χ4v) is 4.22. The van der Waals surface area contributed by atoms with Crippen LogP contribution in [0.4, 0.5) is 0 Å². The second-order valence-electron chi connectivity index (χ2n) is 6.80. The Balaban J connectivity index is 1.89. The summed E-state index contributed by atoms with van der Waals surface area (Å²) in [6, 6.07) is 13.5. The predicted octanol–water partition coefficient (Wildman–Crippen LogP) is 6.56. The molecule has 1 aromatic carbocycles. The maximum atomic E-state index is 13.0. The Labute approximate surface area is 169 Å². The van der Waals surface area contributed by atoms with Gasteiger partial charge in [-0.2, -0.15) is 0 Å². The highest BCUT2D eigenvalue weighted by atomic mass is 35.5. The number of halogens is 1. The minimum atomic E-state index is -0.0348. The number of thiophene rings is 1. The van der Waals surface area contributed by atoms with Gasteiger partial charge in [-0.05, 0) is 36.6 Å². The van der Waals surface area contributed by atoms with Gasteiger partial charge < -0.3 is 5.32 Å². The molecule has 0 radical (unpaired) electrons. The fourth-order valence-electron chi connectivity index (χ4n) is 3.22. The standard InChI is InChI=1S/C22H25ClN2OS/c1-3-5-8-15(4-2)14-24-22(26)17-13-19(20-11-12-21(23)27-20)25-18-10-7-6-9-16(17)18/h6-7,9-13,15H,3-5,8,14H2,1-2H3,(H,24,26)/t15-/m1/s1. The summed E-state index contributed by atoms with van der Waals surface area (Å²) in [7, 11) is 0. The first-order valence-corrected chi connectivity index (χ1v) is 10.8. The Kier molecular flexibility index (Phi) is 6.86. The molecule has 27 heavy (non-hydrogen) atoms. The molecule has 0 bridgehead atoms. The fraction of sp³-hybridized carbons (Fsp3) is 0.364. The van der Waals surface area contributed by atoms with Crippen molar-refractivity contribution in [3.8, 4) is 10.6 Å². The Hall–Kier alpha value is -1.91. The third kappa shape index (κ3) is 4.88. The summed E-state index contributed by atoms with van der Waals surface area (Å²) in [5.74, 6) is 0.491. The molecular formula is C22H25ClN2OS. The van der Waals surface area contributed by atoms with Gasteiger partial charge in [-0.15, -0.1) is 11.3 Å². The Bertz CT molecular complexity index is 922. The molecule has 0 fully saturated rings. The molecule has 1 atom stereocenters. The maximum absolute atomic E-state index is 13.0. The summed E-state index contributed by atoms with van der Waals surface area (Å²) in [6.45, 7) is 5.10. The lowest BCUT2D eigenvalue weighted by atomic mass is 9.99. The highest BCUT2D eigenvalue weighted by Gasteiger charge is 2.16. The molecule has 5 heteroatoms. The van der Waals surface area contributed by atoms with Gasteiger partial charge in [0.05, 0.1) is 26.0 Å². The van der Waals surface area contributed by atoms with Gasteiger partial charge in [-0.1, -0.05) is 62.9 Å². The van der Waals surface area contributed by atoms with Crippen molar-refractivity contribution in [3.63, 3.8) is 0 Å². The number of amides is 1. The first kappa shape index (κ1) is 19.8. The number of rotatable bonds is 8. The number of carbonyl (C=O) groups is 1.